The second-order valence-electron chi connectivity index (χ2n) is 6.60. The molecule has 1 atom stereocenters. The van der Waals surface area contributed by atoms with Gasteiger partial charge in [-0.1, -0.05) is 76.6 Å². The van der Waals surface area contributed by atoms with Crippen LogP contribution in [0.2, 0.25) is 0 Å². The zero-order chi connectivity index (χ0) is 23.2. The van der Waals surface area contributed by atoms with Gasteiger partial charge in [-0.15, -0.1) is 0 Å². The fraction of sp³-hybridized carbons (Fsp3) is 0.304. The zero-order valence-electron chi connectivity index (χ0n) is 17.2. The molecule has 9 heteroatoms. The van der Waals surface area contributed by atoms with Gasteiger partial charge in [0.15, 0.2) is 0 Å². The fourth-order valence-corrected chi connectivity index (χ4v) is 2.71. The Balaban J connectivity index is 1.64. The molecule has 0 aliphatic carbocycles. The third-order valence-corrected chi connectivity index (χ3v) is 4.69. The summed E-state index contributed by atoms with van der Waals surface area (Å²) >= 11 is 3.15. The van der Waals surface area contributed by atoms with Gasteiger partial charge in [-0.3, -0.25) is 19.2 Å². The summed E-state index contributed by atoms with van der Waals surface area (Å²) in [6.45, 7) is -0.178. The van der Waals surface area contributed by atoms with Crippen molar-refractivity contribution in [3.63, 3.8) is 0 Å². The molecule has 2 aromatic carbocycles. The van der Waals surface area contributed by atoms with Crippen LogP contribution in [0.1, 0.15) is 24.0 Å². The summed E-state index contributed by atoms with van der Waals surface area (Å²) in [5, 5.41) is 0.170. The molecule has 0 aliphatic heterocycles. The van der Waals surface area contributed by atoms with Crippen LogP contribution in [0.3, 0.4) is 0 Å². The first-order valence-corrected chi connectivity index (χ1v) is 10.9. The highest BCUT2D eigenvalue weighted by Crippen LogP contribution is 2.06. The largest absolute Gasteiger partial charge is 0.461 e. The van der Waals surface area contributed by atoms with E-state index >= 15 is 0 Å². The number of esters is 4. The number of ether oxygens (including phenoxy) is 4. The smallest absolute Gasteiger partial charge is 0.317 e. The third kappa shape index (κ3) is 10.2. The van der Waals surface area contributed by atoms with Crippen molar-refractivity contribution in [2.24, 2.45) is 0 Å². The molecule has 0 aromatic heterocycles. The van der Waals surface area contributed by atoms with E-state index in [0.717, 1.165) is 11.1 Å². The van der Waals surface area contributed by atoms with Gasteiger partial charge in [-0.05, 0) is 11.1 Å². The average molecular weight is 507 g/mol. The van der Waals surface area contributed by atoms with E-state index in [1.165, 1.54) is 0 Å². The topological polar surface area (TPSA) is 105 Å². The second-order valence-corrected chi connectivity index (χ2v) is 7.24. The lowest BCUT2D eigenvalue weighted by Crippen LogP contribution is -2.28. The van der Waals surface area contributed by atoms with Crippen molar-refractivity contribution in [3.05, 3.63) is 71.8 Å². The maximum absolute atomic E-state index is 11.9. The summed E-state index contributed by atoms with van der Waals surface area (Å²) in [4.78, 5) is 47.2. The number of alkyl halides is 1. The Kier molecular flexibility index (Phi) is 10.9. The first-order valence-electron chi connectivity index (χ1n) is 9.76. The van der Waals surface area contributed by atoms with Crippen molar-refractivity contribution in [2.75, 3.05) is 11.9 Å². The molecular formula is C23H23BrO8. The van der Waals surface area contributed by atoms with E-state index in [0.29, 0.717) is 0 Å². The van der Waals surface area contributed by atoms with Gasteiger partial charge in [-0.25, -0.2) is 0 Å². The summed E-state index contributed by atoms with van der Waals surface area (Å²) in [5.74, 6) is -3.09. The van der Waals surface area contributed by atoms with Gasteiger partial charge in [0.2, 0.25) is 0 Å². The van der Waals surface area contributed by atoms with Crippen LogP contribution in [-0.4, -0.2) is 41.9 Å². The number of benzene rings is 2. The molecule has 0 saturated carbocycles. The monoisotopic (exact) mass is 506 g/mol. The van der Waals surface area contributed by atoms with Crippen LogP contribution in [0.25, 0.3) is 0 Å². The average Bonchev–Trinajstić information content (AvgIpc) is 2.80. The molecular weight excluding hydrogens is 484 g/mol. The summed E-state index contributed by atoms with van der Waals surface area (Å²) in [5.41, 5.74) is 1.59. The minimum Gasteiger partial charge on any atom is -0.461 e. The molecule has 0 spiro atoms. The number of carbonyl (C=O) groups is 4. The molecule has 32 heavy (non-hydrogen) atoms. The summed E-state index contributed by atoms with van der Waals surface area (Å²) < 4.78 is 20.1. The molecule has 0 saturated heterocycles. The number of carbonyl (C=O) groups excluding carboxylic acids is 4. The maximum atomic E-state index is 11.9. The highest BCUT2D eigenvalue weighted by Gasteiger charge is 2.20. The number of halogens is 1. The van der Waals surface area contributed by atoms with Crippen LogP contribution in [0.4, 0.5) is 0 Å². The summed E-state index contributed by atoms with van der Waals surface area (Å²) in [6.07, 6.45) is -1.97. The lowest BCUT2D eigenvalue weighted by atomic mass is 10.2. The number of hydrogen-bond acceptors (Lipinski definition) is 8. The van der Waals surface area contributed by atoms with Crippen molar-refractivity contribution in [2.45, 2.75) is 32.2 Å². The summed E-state index contributed by atoms with van der Waals surface area (Å²) in [7, 11) is 0. The Morgan fingerprint density at radius 1 is 0.656 bits per heavy atom. The minimum atomic E-state index is -0.825. The van der Waals surface area contributed by atoms with Crippen LogP contribution in [0, 0.1) is 0 Å². The molecule has 170 valence electrons. The Morgan fingerprint density at radius 3 is 1.56 bits per heavy atom. The number of rotatable bonds is 12. The lowest BCUT2D eigenvalue weighted by Gasteiger charge is -2.15. The fourth-order valence-electron chi connectivity index (χ4n) is 2.39. The highest BCUT2D eigenvalue weighted by molar-refractivity contribution is 9.09. The van der Waals surface area contributed by atoms with Crippen molar-refractivity contribution >= 4 is 39.8 Å². The van der Waals surface area contributed by atoms with Gasteiger partial charge in [0, 0.05) is 5.33 Å². The van der Waals surface area contributed by atoms with E-state index in [9.17, 15) is 19.2 Å². The van der Waals surface area contributed by atoms with E-state index < -0.39 is 42.8 Å². The first-order chi connectivity index (χ1) is 15.5. The Morgan fingerprint density at radius 2 is 1.09 bits per heavy atom. The molecule has 2 aromatic rings. The molecule has 2 rings (SSSR count). The predicted molar refractivity (Wildman–Crippen MR) is 116 cm³/mol. The van der Waals surface area contributed by atoms with Gasteiger partial charge in [0.25, 0.3) is 0 Å². The molecule has 8 nitrogen and oxygen atoms in total. The van der Waals surface area contributed by atoms with Crippen LogP contribution in [-0.2, 0) is 51.3 Å². The van der Waals surface area contributed by atoms with Crippen LogP contribution < -0.4 is 0 Å². The molecule has 0 radical (unpaired) electrons. The molecule has 0 amide bonds. The van der Waals surface area contributed by atoms with E-state index in [1.807, 2.05) is 36.4 Å². The molecule has 0 heterocycles. The molecule has 0 fully saturated rings. The van der Waals surface area contributed by atoms with Crippen molar-refractivity contribution in [1.29, 1.82) is 0 Å². The van der Waals surface area contributed by atoms with Crippen LogP contribution >= 0.6 is 15.9 Å². The highest BCUT2D eigenvalue weighted by atomic mass is 79.9. The van der Waals surface area contributed by atoms with Crippen molar-refractivity contribution < 1.29 is 38.1 Å². The van der Waals surface area contributed by atoms with Gasteiger partial charge in [0.1, 0.15) is 38.8 Å². The molecule has 1 unspecified atom stereocenters. The van der Waals surface area contributed by atoms with E-state index in [2.05, 4.69) is 15.9 Å². The molecule has 0 aliphatic rings. The minimum absolute atomic E-state index is 0.0484. The van der Waals surface area contributed by atoms with Crippen molar-refractivity contribution in [3.8, 4) is 0 Å². The second kappa shape index (κ2) is 14.0. The first kappa shape index (κ1) is 25.1. The Labute approximate surface area is 193 Å². The van der Waals surface area contributed by atoms with E-state index in [4.69, 9.17) is 18.9 Å². The number of hydrogen-bond donors (Lipinski definition) is 0. The SMILES string of the molecule is O=C(CC(=O)OCC(CBr)OC(=O)CC(=O)OCc1ccccc1)OCc1ccccc1. The standard InChI is InChI=1S/C23H23BrO8/c24-13-19(32-23(28)12-22(27)30-15-18-9-5-2-6-10-18)16-31-21(26)11-20(25)29-14-17-7-3-1-4-8-17/h1-10,19H,11-16H2. The maximum Gasteiger partial charge on any atom is 0.317 e. The lowest BCUT2D eigenvalue weighted by molar-refractivity contribution is -0.165. The molecule has 0 bridgehead atoms. The van der Waals surface area contributed by atoms with E-state index in [1.54, 1.807) is 24.3 Å². The van der Waals surface area contributed by atoms with Crippen molar-refractivity contribution in [1.82, 2.24) is 0 Å². The Bertz CT molecular complexity index is 885. The van der Waals surface area contributed by atoms with Gasteiger partial charge in [-0.2, -0.15) is 0 Å². The van der Waals surface area contributed by atoms with Crippen LogP contribution in [0.5, 0.6) is 0 Å². The zero-order valence-corrected chi connectivity index (χ0v) is 18.8. The quantitative estimate of drug-likeness (QED) is 0.187. The predicted octanol–water partition coefficient (Wildman–Crippen LogP) is 3.10. The van der Waals surface area contributed by atoms with E-state index in [-0.39, 0.29) is 25.2 Å². The molecule has 0 N–H and O–H groups in total. The van der Waals surface area contributed by atoms with Crippen LogP contribution in [0.15, 0.2) is 60.7 Å². The Hall–Kier alpha value is -3.20. The normalized spacial score (nSPS) is 11.2. The summed E-state index contributed by atoms with van der Waals surface area (Å²) in [6, 6.07) is 18.1. The van der Waals surface area contributed by atoms with Gasteiger partial charge < -0.3 is 18.9 Å². The van der Waals surface area contributed by atoms with Gasteiger partial charge >= 0.3 is 23.9 Å². The van der Waals surface area contributed by atoms with Gasteiger partial charge in [0.05, 0.1) is 0 Å². The third-order valence-electron chi connectivity index (χ3n) is 3.96.